The van der Waals surface area contributed by atoms with Crippen molar-refractivity contribution < 1.29 is 4.79 Å². The van der Waals surface area contributed by atoms with Gasteiger partial charge in [-0.2, -0.15) is 0 Å². The number of fused-ring (bicyclic) bond motifs is 1. The van der Waals surface area contributed by atoms with Crippen molar-refractivity contribution in [1.82, 2.24) is 24.8 Å². The van der Waals surface area contributed by atoms with Gasteiger partial charge < -0.3 is 16.4 Å². The summed E-state index contributed by atoms with van der Waals surface area (Å²) in [7, 11) is 0. The van der Waals surface area contributed by atoms with E-state index in [2.05, 4.69) is 25.6 Å². The quantitative estimate of drug-likeness (QED) is 0.528. The second kappa shape index (κ2) is 8.95. The van der Waals surface area contributed by atoms with E-state index in [0.29, 0.717) is 31.7 Å². The van der Waals surface area contributed by atoms with Crippen molar-refractivity contribution >= 4 is 17.5 Å². The highest BCUT2D eigenvalue weighted by Crippen LogP contribution is 2.24. The van der Waals surface area contributed by atoms with Gasteiger partial charge in [0.2, 0.25) is 5.91 Å². The predicted octanol–water partition coefficient (Wildman–Crippen LogP) is 1.38. The molecule has 1 atom stereocenters. The van der Waals surface area contributed by atoms with Crippen LogP contribution in [0.1, 0.15) is 35.0 Å². The number of carbonyl (C=O) groups excluding carboxylic acids is 1. The molecule has 9 heteroatoms. The maximum Gasteiger partial charge on any atom is 0.294 e. The number of carbonyl (C=O) groups is 1. The minimum atomic E-state index is -0.548. The van der Waals surface area contributed by atoms with Crippen LogP contribution >= 0.6 is 0 Å². The molecule has 0 saturated heterocycles. The van der Waals surface area contributed by atoms with E-state index in [-0.39, 0.29) is 17.3 Å². The van der Waals surface area contributed by atoms with E-state index in [1.807, 2.05) is 25.1 Å². The predicted molar refractivity (Wildman–Crippen MR) is 118 cm³/mol. The lowest BCUT2D eigenvalue weighted by Gasteiger charge is -2.16. The Labute approximate surface area is 179 Å². The lowest BCUT2D eigenvalue weighted by atomic mass is 10.1. The van der Waals surface area contributed by atoms with Crippen molar-refractivity contribution in [1.29, 1.82) is 0 Å². The number of nitrogen functional groups attached to an aromatic ring is 1. The van der Waals surface area contributed by atoms with E-state index < -0.39 is 6.04 Å². The maximum atomic E-state index is 13.0. The molecule has 4 rings (SSSR count). The number of nitrogens with two attached hydrogens (primary N) is 1. The molecule has 31 heavy (non-hydrogen) atoms. The Morgan fingerprint density at radius 1 is 1.26 bits per heavy atom. The van der Waals surface area contributed by atoms with Crippen LogP contribution in [0.3, 0.4) is 0 Å². The van der Waals surface area contributed by atoms with Gasteiger partial charge in [0.1, 0.15) is 11.9 Å². The van der Waals surface area contributed by atoms with Gasteiger partial charge in [-0.3, -0.25) is 19.1 Å². The molecule has 3 aromatic rings. The summed E-state index contributed by atoms with van der Waals surface area (Å²) in [6.07, 6.45) is 7.11. The zero-order valence-electron chi connectivity index (χ0n) is 17.3. The molecule has 4 heterocycles. The lowest BCUT2D eigenvalue weighted by Crippen LogP contribution is -2.36. The summed E-state index contributed by atoms with van der Waals surface area (Å²) < 4.78 is 1.56. The Balaban J connectivity index is 1.43. The molecular weight excluding hydrogens is 394 g/mol. The van der Waals surface area contributed by atoms with Crippen LogP contribution in [-0.2, 0) is 24.2 Å². The standard InChI is InChI=1S/C22H25N7O2/c1-14-16(2-5-19(23)28-14)12-27-21(30)18-4-3-17-13-26-20(22(31)29(17)18)25-11-8-15-6-9-24-10-7-15/h2,5-7,9-10,13,18H,3-4,8,11-12H2,1H3,(H2,23,28)(H,25,26)(H,27,30)/t18-/m0/s1. The number of hydrogen-bond donors (Lipinski definition) is 3. The number of nitrogens with zero attached hydrogens (tertiary/aromatic N) is 4. The number of rotatable bonds is 7. The first-order chi connectivity index (χ1) is 15.0. The summed E-state index contributed by atoms with van der Waals surface area (Å²) >= 11 is 0. The second-order valence-corrected chi connectivity index (χ2v) is 7.56. The van der Waals surface area contributed by atoms with Crippen molar-refractivity contribution in [3.63, 3.8) is 0 Å². The molecule has 0 aromatic carbocycles. The van der Waals surface area contributed by atoms with Crippen molar-refractivity contribution in [3.8, 4) is 0 Å². The Morgan fingerprint density at radius 2 is 2.06 bits per heavy atom. The van der Waals surface area contributed by atoms with E-state index in [4.69, 9.17) is 5.73 Å². The van der Waals surface area contributed by atoms with Crippen LogP contribution in [0.4, 0.5) is 11.6 Å². The van der Waals surface area contributed by atoms with E-state index >= 15 is 0 Å². The molecule has 0 bridgehead atoms. The molecule has 1 amide bonds. The van der Waals surface area contributed by atoms with Gasteiger partial charge >= 0.3 is 0 Å². The van der Waals surface area contributed by atoms with Crippen molar-refractivity contribution in [2.75, 3.05) is 17.6 Å². The summed E-state index contributed by atoms with van der Waals surface area (Å²) in [6.45, 7) is 2.75. The first-order valence-corrected chi connectivity index (χ1v) is 10.3. The second-order valence-electron chi connectivity index (χ2n) is 7.56. The van der Waals surface area contributed by atoms with E-state index in [9.17, 15) is 9.59 Å². The summed E-state index contributed by atoms with van der Waals surface area (Å²) in [5, 5.41) is 6.03. The molecule has 9 nitrogen and oxygen atoms in total. The molecule has 160 valence electrons. The van der Waals surface area contributed by atoms with Crippen LogP contribution in [0.2, 0.25) is 0 Å². The number of aromatic nitrogens is 4. The van der Waals surface area contributed by atoms with Crippen LogP contribution in [-0.4, -0.2) is 32.0 Å². The third-order valence-electron chi connectivity index (χ3n) is 5.49. The van der Waals surface area contributed by atoms with Gasteiger partial charge in [0, 0.05) is 43.1 Å². The van der Waals surface area contributed by atoms with Gasteiger partial charge in [-0.05, 0) is 55.5 Å². The fourth-order valence-corrected chi connectivity index (χ4v) is 3.78. The zero-order valence-corrected chi connectivity index (χ0v) is 17.3. The largest absolute Gasteiger partial charge is 0.384 e. The third-order valence-corrected chi connectivity index (χ3v) is 5.49. The topological polar surface area (TPSA) is 128 Å². The molecule has 0 fully saturated rings. The lowest BCUT2D eigenvalue weighted by molar-refractivity contribution is -0.124. The normalized spacial score (nSPS) is 14.8. The van der Waals surface area contributed by atoms with Crippen LogP contribution in [0.25, 0.3) is 0 Å². The van der Waals surface area contributed by atoms with Crippen molar-refractivity contribution in [2.24, 2.45) is 0 Å². The van der Waals surface area contributed by atoms with Gasteiger partial charge in [-0.25, -0.2) is 9.97 Å². The number of aryl methyl sites for hydroxylation is 2. The van der Waals surface area contributed by atoms with Gasteiger partial charge in [0.15, 0.2) is 5.82 Å². The van der Waals surface area contributed by atoms with Crippen molar-refractivity contribution in [3.05, 3.63) is 75.7 Å². The Morgan fingerprint density at radius 3 is 2.84 bits per heavy atom. The molecule has 0 spiro atoms. The summed E-state index contributed by atoms with van der Waals surface area (Å²) in [4.78, 5) is 38.4. The average Bonchev–Trinajstić information content (AvgIpc) is 3.20. The molecule has 0 unspecified atom stereocenters. The minimum absolute atomic E-state index is 0.189. The van der Waals surface area contributed by atoms with Crippen LogP contribution in [0, 0.1) is 6.92 Å². The van der Waals surface area contributed by atoms with Gasteiger partial charge in [-0.1, -0.05) is 6.07 Å². The highest BCUT2D eigenvalue weighted by Gasteiger charge is 2.30. The minimum Gasteiger partial charge on any atom is -0.384 e. The Hall–Kier alpha value is -3.75. The fraction of sp³-hybridized carbons (Fsp3) is 0.318. The monoisotopic (exact) mass is 419 g/mol. The zero-order chi connectivity index (χ0) is 21.8. The molecule has 0 saturated carbocycles. The average molecular weight is 419 g/mol. The fourth-order valence-electron chi connectivity index (χ4n) is 3.78. The molecular formula is C22H25N7O2. The Kier molecular flexibility index (Phi) is 5.92. The number of amides is 1. The first kappa shape index (κ1) is 20.5. The number of hydrogen-bond acceptors (Lipinski definition) is 7. The summed E-state index contributed by atoms with van der Waals surface area (Å²) in [6, 6.07) is 6.88. The maximum absolute atomic E-state index is 13.0. The highest BCUT2D eigenvalue weighted by molar-refractivity contribution is 5.81. The van der Waals surface area contributed by atoms with Crippen LogP contribution in [0.15, 0.2) is 47.7 Å². The Bertz CT molecular complexity index is 1140. The molecule has 3 aromatic heterocycles. The smallest absolute Gasteiger partial charge is 0.294 e. The third kappa shape index (κ3) is 4.55. The highest BCUT2D eigenvalue weighted by atomic mass is 16.2. The van der Waals surface area contributed by atoms with Gasteiger partial charge in [0.25, 0.3) is 5.56 Å². The molecule has 1 aliphatic rings. The van der Waals surface area contributed by atoms with Gasteiger partial charge in [-0.15, -0.1) is 0 Å². The van der Waals surface area contributed by atoms with Crippen molar-refractivity contribution in [2.45, 2.75) is 38.8 Å². The number of nitrogens with one attached hydrogen (secondary N) is 2. The molecule has 0 radical (unpaired) electrons. The van der Waals surface area contributed by atoms with Crippen LogP contribution < -0.4 is 21.9 Å². The SMILES string of the molecule is Cc1nc(N)ccc1CNC(=O)[C@@H]1CCc2cnc(NCCc3ccncc3)c(=O)n21. The summed E-state index contributed by atoms with van der Waals surface area (Å²) in [5.74, 6) is 0.516. The van der Waals surface area contributed by atoms with E-state index in [1.165, 1.54) is 0 Å². The van der Waals surface area contributed by atoms with E-state index in [0.717, 1.165) is 28.9 Å². The number of anilines is 2. The molecule has 1 aliphatic heterocycles. The molecule has 4 N–H and O–H groups in total. The number of pyridine rings is 2. The molecule has 0 aliphatic carbocycles. The first-order valence-electron chi connectivity index (χ1n) is 10.3. The van der Waals surface area contributed by atoms with Gasteiger partial charge in [0.05, 0.1) is 0 Å². The van der Waals surface area contributed by atoms with E-state index in [1.54, 1.807) is 29.2 Å². The summed E-state index contributed by atoms with van der Waals surface area (Å²) in [5.41, 5.74) is 8.97. The van der Waals surface area contributed by atoms with Crippen LogP contribution in [0.5, 0.6) is 0 Å².